The Balaban J connectivity index is 1.67. The van der Waals surface area contributed by atoms with Gasteiger partial charge in [0.15, 0.2) is 23.0 Å². The summed E-state index contributed by atoms with van der Waals surface area (Å²) in [6, 6.07) is 10.7. The number of hydrogen-bond acceptors (Lipinski definition) is 5. The average Bonchev–Trinajstić information content (AvgIpc) is 2.66. The Morgan fingerprint density at radius 1 is 1.00 bits per heavy atom. The zero-order valence-electron chi connectivity index (χ0n) is 14.1. The number of amides is 1. The van der Waals surface area contributed by atoms with E-state index in [0.717, 1.165) is 5.56 Å². The Hall–Kier alpha value is -3.15. The first-order valence-corrected chi connectivity index (χ1v) is 7.80. The molecule has 0 atom stereocenters. The molecular formula is C19H19NO5. The first-order valence-electron chi connectivity index (χ1n) is 7.80. The third-order valence-corrected chi connectivity index (χ3v) is 3.64. The molecule has 1 amide bonds. The minimum Gasteiger partial charge on any atom is -0.493 e. The maximum absolute atomic E-state index is 12.1. The Morgan fingerprint density at radius 2 is 1.76 bits per heavy atom. The molecule has 1 heterocycles. The predicted octanol–water partition coefficient (Wildman–Crippen LogP) is 3.13. The van der Waals surface area contributed by atoms with Crippen LogP contribution in [-0.2, 0) is 4.79 Å². The van der Waals surface area contributed by atoms with Gasteiger partial charge in [-0.05, 0) is 35.9 Å². The molecule has 2 aromatic rings. The maximum Gasteiger partial charge on any atom is 0.248 e. The number of benzene rings is 2. The Kier molecular flexibility index (Phi) is 5.09. The van der Waals surface area contributed by atoms with Crippen LogP contribution in [0.2, 0.25) is 0 Å². The number of methoxy groups -OCH3 is 2. The quantitative estimate of drug-likeness (QED) is 0.847. The van der Waals surface area contributed by atoms with Crippen LogP contribution in [0.4, 0.5) is 5.69 Å². The van der Waals surface area contributed by atoms with E-state index in [2.05, 4.69) is 5.32 Å². The topological polar surface area (TPSA) is 66.0 Å². The molecule has 6 nitrogen and oxygen atoms in total. The van der Waals surface area contributed by atoms with Gasteiger partial charge in [0.05, 0.1) is 14.2 Å². The Labute approximate surface area is 146 Å². The number of nitrogens with one attached hydrogen (secondary N) is 1. The normalized spacial score (nSPS) is 12.7. The predicted molar refractivity (Wildman–Crippen MR) is 94.6 cm³/mol. The molecule has 0 spiro atoms. The van der Waals surface area contributed by atoms with E-state index in [9.17, 15) is 4.79 Å². The van der Waals surface area contributed by atoms with Crippen molar-refractivity contribution in [2.24, 2.45) is 0 Å². The second-order valence-corrected chi connectivity index (χ2v) is 5.30. The summed E-state index contributed by atoms with van der Waals surface area (Å²) in [5, 5.41) is 2.80. The number of hydrogen-bond donors (Lipinski definition) is 1. The van der Waals surface area contributed by atoms with Gasteiger partial charge in [0.25, 0.3) is 0 Å². The van der Waals surface area contributed by atoms with E-state index >= 15 is 0 Å². The third kappa shape index (κ3) is 4.03. The number of anilines is 1. The van der Waals surface area contributed by atoms with Crippen molar-refractivity contribution in [1.29, 1.82) is 0 Å². The minimum absolute atomic E-state index is 0.244. The van der Waals surface area contributed by atoms with Crippen molar-refractivity contribution in [3.63, 3.8) is 0 Å². The standard InChI is InChI=1S/C19H19NO5/c1-22-15-6-3-13(11-17(15)23-2)4-8-19(21)20-14-5-7-16-18(12-14)25-10-9-24-16/h3-8,11-12H,9-10H2,1-2H3,(H,20,21)/b8-4+. The summed E-state index contributed by atoms with van der Waals surface area (Å²) >= 11 is 0. The lowest BCUT2D eigenvalue weighted by atomic mass is 10.2. The lowest BCUT2D eigenvalue weighted by Crippen LogP contribution is -2.16. The van der Waals surface area contributed by atoms with Crippen LogP contribution >= 0.6 is 0 Å². The van der Waals surface area contributed by atoms with Gasteiger partial charge in [-0.15, -0.1) is 0 Å². The van der Waals surface area contributed by atoms with Crippen LogP contribution in [0.1, 0.15) is 5.56 Å². The fourth-order valence-electron chi connectivity index (χ4n) is 2.43. The molecule has 0 radical (unpaired) electrons. The van der Waals surface area contributed by atoms with Crippen LogP contribution in [0.25, 0.3) is 6.08 Å². The Morgan fingerprint density at radius 3 is 2.52 bits per heavy atom. The van der Waals surface area contributed by atoms with Crippen LogP contribution in [0, 0.1) is 0 Å². The second-order valence-electron chi connectivity index (χ2n) is 5.30. The van der Waals surface area contributed by atoms with Crippen LogP contribution in [0.3, 0.4) is 0 Å². The summed E-state index contributed by atoms with van der Waals surface area (Å²) in [7, 11) is 3.15. The highest BCUT2D eigenvalue weighted by Crippen LogP contribution is 2.32. The zero-order valence-corrected chi connectivity index (χ0v) is 14.1. The van der Waals surface area contributed by atoms with Crippen LogP contribution in [0.5, 0.6) is 23.0 Å². The lowest BCUT2D eigenvalue weighted by molar-refractivity contribution is -0.111. The highest BCUT2D eigenvalue weighted by Gasteiger charge is 2.12. The van der Waals surface area contributed by atoms with E-state index in [1.165, 1.54) is 6.08 Å². The van der Waals surface area contributed by atoms with Crippen molar-refractivity contribution in [2.45, 2.75) is 0 Å². The summed E-state index contributed by atoms with van der Waals surface area (Å²) < 4.78 is 21.4. The minimum atomic E-state index is -0.244. The Bertz CT molecular complexity index is 800. The van der Waals surface area contributed by atoms with E-state index in [0.29, 0.717) is 41.9 Å². The summed E-state index contributed by atoms with van der Waals surface area (Å²) in [5.74, 6) is 2.32. The van der Waals surface area contributed by atoms with E-state index < -0.39 is 0 Å². The molecule has 0 bridgehead atoms. The fourth-order valence-corrected chi connectivity index (χ4v) is 2.43. The first-order chi connectivity index (χ1) is 12.2. The van der Waals surface area contributed by atoms with E-state index in [1.54, 1.807) is 50.6 Å². The van der Waals surface area contributed by atoms with E-state index in [-0.39, 0.29) is 5.91 Å². The van der Waals surface area contributed by atoms with Gasteiger partial charge in [0.1, 0.15) is 13.2 Å². The van der Waals surface area contributed by atoms with Crippen molar-refractivity contribution in [2.75, 3.05) is 32.8 Å². The molecule has 0 unspecified atom stereocenters. The maximum atomic E-state index is 12.1. The zero-order chi connectivity index (χ0) is 17.6. The van der Waals surface area contributed by atoms with Crippen molar-refractivity contribution < 1.29 is 23.7 Å². The SMILES string of the molecule is COc1ccc(/C=C/C(=O)Nc2ccc3c(c2)OCCO3)cc1OC. The molecule has 0 aromatic heterocycles. The van der Waals surface area contributed by atoms with Gasteiger partial charge in [-0.3, -0.25) is 4.79 Å². The largest absolute Gasteiger partial charge is 0.493 e. The third-order valence-electron chi connectivity index (χ3n) is 3.64. The molecule has 1 N–H and O–H groups in total. The number of rotatable bonds is 5. The van der Waals surface area contributed by atoms with E-state index in [1.807, 2.05) is 6.07 Å². The summed E-state index contributed by atoms with van der Waals surface area (Å²) in [6.07, 6.45) is 3.16. The molecule has 3 rings (SSSR count). The first kappa shape index (κ1) is 16.7. The van der Waals surface area contributed by atoms with Gasteiger partial charge >= 0.3 is 0 Å². The number of carbonyl (C=O) groups excluding carboxylic acids is 1. The van der Waals surface area contributed by atoms with Crippen LogP contribution < -0.4 is 24.3 Å². The molecule has 0 aliphatic carbocycles. The van der Waals surface area contributed by atoms with Crippen molar-refractivity contribution in [1.82, 2.24) is 0 Å². The van der Waals surface area contributed by atoms with Crippen molar-refractivity contribution >= 4 is 17.7 Å². The van der Waals surface area contributed by atoms with Gasteiger partial charge in [0, 0.05) is 17.8 Å². The molecule has 1 aliphatic heterocycles. The number of carbonyl (C=O) groups is 1. The molecule has 130 valence electrons. The molecule has 0 saturated carbocycles. The van der Waals surface area contributed by atoms with Gasteiger partial charge < -0.3 is 24.3 Å². The fraction of sp³-hybridized carbons (Fsp3) is 0.211. The number of fused-ring (bicyclic) bond motifs is 1. The van der Waals surface area contributed by atoms with Crippen LogP contribution in [0.15, 0.2) is 42.5 Å². The average molecular weight is 341 g/mol. The second kappa shape index (κ2) is 7.61. The highest BCUT2D eigenvalue weighted by atomic mass is 16.6. The highest BCUT2D eigenvalue weighted by molar-refractivity contribution is 6.02. The van der Waals surface area contributed by atoms with Crippen molar-refractivity contribution in [3.8, 4) is 23.0 Å². The van der Waals surface area contributed by atoms with Crippen LogP contribution in [-0.4, -0.2) is 33.3 Å². The summed E-state index contributed by atoms with van der Waals surface area (Å²) in [5.41, 5.74) is 1.47. The number of ether oxygens (including phenoxy) is 4. The smallest absolute Gasteiger partial charge is 0.248 e. The lowest BCUT2D eigenvalue weighted by Gasteiger charge is -2.18. The molecule has 0 fully saturated rings. The molecular weight excluding hydrogens is 322 g/mol. The monoisotopic (exact) mass is 341 g/mol. The molecule has 0 saturated heterocycles. The summed E-state index contributed by atoms with van der Waals surface area (Å²) in [6.45, 7) is 1.04. The van der Waals surface area contributed by atoms with Gasteiger partial charge in [0.2, 0.25) is 5.91 Å². The van der Waals surface area contributed by atoms with Gasteiger partial charge in [-0.1, -0.05) is 6.07 Å². The van der Waals surface area contributed by atoms with E-state index in [4.69, 9.17) is 18.9 Å². The molecule has 2 aromatic carbocycles. The molecule has 25 heavy (non-hydrogen) atoms. The van der Waals surface area contributed by atoms with Gasteiger partial charge in [-0.2, -0.15) is 0 Å². The van der Waals surface area contributed by atoms with Gasteiger partial charge in [-0.25, -0.2) is 0 Å². The molecule has 6 heteroatoms. The summed E-state index contributed by atoms with van der Waals surface area (Å²) in [4.78, 5) is 12.1. The molecule has 1 aliphatic rings. The van der Waals surface area contributed by atoms with Crippen molar-refractivity contribution in [3.05, 3.63) is 48.0 Å².